The molecule has 6 nitrogen and oxygen atoms in total. The molecule has 126 valence electrons. The summed E-state index contributed by atoms with van der Waals surface area (Å²) in [6.07, 6.45) is 1.63. The fraction of sp³-hybridized carbons (Fsp3) is 0.278. The number of methoxy groups -OCH3 is 1. The van der Waals surface area contributed by atoms with Crippen molar-refractivity contribution in [2.75, 3.05) is 7.11 Å². The maximum Gasteiger partial charge on any atom is 0.315 e. The molecule has 0 amide bonds. The Morgan fingerprint density at radius 3 is 2.38 bits per heavy atom. The van der Waals surface area contributed by atoms with Crippen molar-refractivity contribution in [3.63, 3.8) is 0 Å². The third-order valence-electron chi connectivity index (χ3n) is 3.64. The molecular formula is C18H19NO5. The second-order valence-corrected chi connectivity index (χ2v) is 5.23. The number of esters is 1. The Morgan fingerprint density at radius 2 is 1.79 bits per heavy atom. The van der Waals surface area contributed by atoms with Crippen LogP contribution in [0.5, 0.6) is 11.5 Å². The van der Waals surface area contributed by atoms with E-state index in [0.29, 0.717) is 12.2 Å². The van der Waals surface area contributed by atoms with Crippen molar-refractivity contribution in [3.8, 4) is 11.5 Å². The van der Waals surface area contributed by atoms with Gasteiger partial charge in [-0.25, -0.2) is 0 Å². The van der Waals surface area contributed by atoms with Crippen LogP contribution in [0.4, 0.5) is 5.69 Å². The summed E-state index contributed by atoms with van der Waals surface area (Å²) in [4.78, 5) is 22.4. The Hall–Kier alpha value is -2.89. The number of hydrogen-bond donors (Lipinski definition) is 0. The summed E-state index contributed by atoms with van der Waals surface area (Å²) < 4.78 is 10.1. The summed E-state index contributed by atoms with van der Waals surface area (Å²) in [6.45, 7) is 2.08. The van der Waals surface area contributed by atoms with Gasteiger partial charge in [-0.15, -0.1) is 0 Å². The van der Waals surface area contributed by atoms with Gasteiger partial charge in [0.1, 0.15) is 5.75 Å². The lowest BCUT2D eigenvalue weighted by Gasteiger charge is -2.07. The molecule has 0 saturated heterocycles. The molecule has 0 N–H and O–H groups in total. The molecule has 0 fully saturated rings. The van der Waals surface area contributed by atoms with E-state index in [4.69, 9.17) is 9.47 Å². The number of carbonyl (C=O) groups excluding carboxylic acids is 1. The lowest BCUT2D eigenvalue weighted by Crippen LogP contribution is -2.10. The average Bonchev–Trinajstić information content (AvgIpc) is 2.60. The highest BCUT2D eigenvalue weighted by Gasteiger charge is 2.19. The quantitative estimate of drug-likeness (QED) is 0.335. The van der Waals surface area contributed by atoms with Crippen molar-refractivity contribution in [2.24, 2.45) is 0 Å². The van der Waals surface area contributed by atoms with E-state index in [2.05, 4.69) is 6.92 Å². The number of nitro groups is 1. The second kappa shape index (κ2) is 8.10. The van der Waals surface area contributed by atoms with Crippen molar-refractivity contribution in [1.82, 2.24) is 0 Å². The Morgan fingerprint density at radius 1 is 1.12 bits per heavy atom. The van der Waals surface area contributed by atoms with Gasteiger partial charge in [0.15, 0.2) is 0 Å². The fourth-order valence-corrected chi connectivity index (χ4v) is 2.21. The molecule has 0 bridgehead atoms. The van der Waals surface area contributed by atoms with Gasteiger partial charge < -0.3 is 9.47 Å². The summed E-state index contributed by atoms with van der Waals surface area (Å²) in [7, 11) is 1.41. The lowest BCUT2D eigenvalue weighted by atomic mass is 10.1. The first-order chi connectivity index (χ1) is 11.5. The number of hydrogen-bond acceptors (Lipinski definition) is 5. The molecule has 0 radical (unpaired) electrons. The van der Waals surface area contributed by atoms with Gasteiger partial charge in [-0.2, -0.15) is 0 Å². The SMILES string of the molecule is CCc1ccc(CCC(=O)Oc2ccc(OC)cc2[N+](=O)[O-])cc1. The largest absolute Gasteiger partial charge is 0.496 e. The van der Waals surface area contributed by atoms with Crippen LogP contribution in [0.25, 0.3) is 0 Å². The molecule has 0 aliphatic rings. The average molecular weight is 329 g/mol. The maximum atomic E-state index is 12.0. The Bertz CT molecular complexity index is 725. The second-order valence-electron chi connectivity index (χ2n) is 5.23. The summed E-state index contributed by atoms with van der Waals surface area (Å²) in [5.74, 6) is -0.257. The van der Waals surface area contributed by atoms with Gasteiger partial charge in [0.2, 0.25) is 5.75 Å². The van der Waals surface area contributed by atoms with E-state index in [1.54, 1.807) is 0 Å². The zero-order valence-electron chi connectivity index (χ0n) is 13.7. The van der Waals surface area contributed by atoms with Crippen LogP contribution in [-0.2, 0) is 17.6 Å². The van der Waals surface area contributed by atoms with Crippen molar-refractivity contribution in [3.05, 3.63) is 63.7 Å². The summed E-state index contributed by atoms with van der Waals surface area (Å²) >= 11 is 0. The number of rotatable bonds is 7. The van der Waals surface area contributed by atoms with Crippen LogP contribution in [0.2, 0.25) is 0 Å². The molecule has 0 spiro atoms. The molecule has 0 saturated carbocycles. The minimum absolute atomic E-state index is 0.0767. The summed E-state index contributed by atoms with van der Waals surface area (Å²) in [6, 6.07) is 12.1. The van der Waals surface area contributed by atoms with Crippen LogP contribution in [0.3, 0.4) is 0 Å². The predicted octanol–water partition coefficient (Wildman–Crippen LogP) is 3.70. The molecule has 24 heavy (non-hydrogen) atoms. The van der Waals surface area contributed by atoms with Crippen molar-refractivity contribution < 1.29 is 19.2 Å². The predicted molar refractivity (Wildman–Crippen MR) is 89.4 cm³/mol. The molecule has 2 aromatic rings. The van der Waals surface area contributed by atoms with E-state index >= 15 is 0 Å². The molecule has 0 unspecified atom stereocenters. The molecule has 0 heterocycles. The van der Waals surface area contributed by atoms with E-state index in [9.17, 15) is 14.9 Å². The zero-order chi connectivity index (χ0) is 17.5. The minimum Gasteiger partial charge on any atom is -0.496 e. The smallest absolute Gasteiger partial charge is 0.315 e. The molecule has 2 aromatic carbocycles. The van der Waals surface area contributed by atoms with Crippen molar-refractivity contribution in [2.45, 2.75) is 26.2 Å². The topological polar surface area (TPSA) is 78.7 Å². The Kier molecular flexibility index (Phi) is 5.89. The normalized spacial score (nSPS) is 10.2. The lowest BCUT2D eigenvalue weighted by molar-refractivity contribution is -0.385. The number of nitro benzene ring substituents is 1. The molecule has 0 atom stereocenters. The Labute approximate surface area is 140 Å². The van der Waals surface area contributed by atoms with E-state index in [1.807, 2.05) is 24.3 Å². The number of nitrogens with zero attached hydrogens (tertiary/aromatic N) is 1. The highest BCUT2D eigenvalue weighted by molar-refractivity contribution is 5.74. The van der Waals surface area contributed by atoms with Crippen LogP contribution >= 0.6 is 0 Å². The van der Waals surface area contributed by atoms with Gasteiger partial charge in [-0.3, -0.25) is 14.9 Å². The van der Waals surface area contributed by atoms with Crippen molar-refractivity contribution >= 4 is 11.7 Å². The number of ether oxygens (including phenoxy) is 2. The molecule has 6 heteroatoms. The van der Waals surface area contributed by atoms with Gasteiger partial charge >= 0.3 is 11.7 Å². The molecule has 0 aliphatic carbocycles. The number of carbonyl (C=O) groups is 1. The summed E-state index contributed by atoms with van der Waals surface area (Å²) in [5.41, 5.74) is 1.96. The highest BCUT2D eigenvalue weighted by atomic mass is 16.6. The first-order valence-electron chi connectivity index (χ1n) is 7.64. The number of benzene rings is 2. The van der Waals surface area contributed by atoms with Crippen LogP contribution in [0, 0.1) is 10.1 Å². The van der Waals surface area contributed by atoms with Crippen LogP contribution < -0.4 is 9.47 Å². The van der Waals surface area contributed by atoms with Gasteiger partial charge in [-0.05, 0) is 36.1 Å². The Balaban J connectivity index is 2.00. The highest BCUT2D eigenvalue weighted by Crippen LogP contribution is 2.31. The van der Waals surface area contributed by atoms with E-state index < -0.39 is 10.9 Å². The minimum atomic E-state index is -0.603. The molecular weight excluding hydrogens is 310 g/mol. The fourth-order valence-electron chi connectivity index (χ4n) is 2.21. The monoisotopic (exact) mass is 329 g/mol. The van der Waals surface area contributed by atoms with Crippen LogP contribution in [0.1, 0.15) is 24.5 Å². The summed E-state index contributed by atoms with van der Waals surface area (Å²) in [5, 5.41) is 11.1. The van der Waals surface area contributed by atoms with E-state index in [-0.39, 0.29) is 17.9 Å². The van der Waals surface area contributed by atoms with Crippen molar-refractivity contribution in [1.29, 1.82) is 0 Å². The zero-order valence-corrected chi connectivity index (χ0v) is 13.7. The third-order valence-corrected chi connectivity index (χ3v) is 3.64. The maximum absolute atomic E-state index is 12.0. The standard InChI is InChI=1S/C18H19NO5/c1-3-13-4-6-14(7-5-13)8-11-18(20)24-17-10-9-15(23-2)12-16(17)19(21)22/h4-7,9-10,12H,3,8,11H2,1-2H3. The molecule has 2 rings (SSSR count). The van der Waals surface area contributed by atoms with Gasteiger partial charge in [-0.1, -0.05) is 31.2 Å². The van der Waals surface area contributed by atoms with E-state index in [0.717, 1.165) is 12.0 Å². The van der Waals surface area contributed by atoms with E-state index in [1.165, 1.54) is 30.9 Å². The van der Waals surface area contributed by atoms with Crippen LogP contribution in [0.15, 0.2) is 42.5 Å². The van der Waals surface area contributed by atoms with Crippen LogP contribution in [-0.4, -0.2) is 18.0 Å². The van der Waals surface area contributed by atoms with Gasteiger partial charge in [0.05, 0.1) is 18.1 Å². The number of aryl methyl sites for hydroxylation is 2. The first-order valence-corrected chi connectivity index (χ1v) is 7.64. The first kappa shape index (κ1) is 17.5. The van der Waals surface area contributed by atoms with Gasteiger partial charge in [0.25, 0.3) is 0 Å². The molecule has 0 aromatic heterocycles. The molecule has 0 aliphatic heterocycles. The van der Waals surface area contributed by atoms with Gasteiger partial charge in [0, 0.05) is 6.42 Å². The third kappa shape index (κ3) is 4.55.